The van der Waals surface area contributed by atoms with Crippen molar-refractivity contribution in [1.29, 1.82) is 0 Å². The normalized spacial score (nSPS) is 18.7. The van der Waals surface area contributed by atoms with Gasteiger partial charge in [0.25, 0.3) is 0 Å². The number of benzene rings is 1. The lowest BCUT2D eigenvalue weighted by atomic mass is 10.1. The molecule has 0 saturated carbocycles. The first kappa shape index (κ1) is 26.6. The van der Waals surface area contributed by atoms with Gasteiger partial charge in [0.05, 0.1) is 22.5 Å². The van der Waals surface area contributed by atoms with E-state index in [4.69, 9.17) is 33.4 Å². The van der Waals surface area contributed by atoms with Crippen LogP contribution in [-0.4, -0.2) is 94.5 Å². The van der Waals surface area contributed by atoms with Crippen LogP contribution in [0.15, 0.2) is 30.4 Å². The van der Waals surface area contributed by atoms with Gasteiger partial charge in [-0.25, -0.2) is 9.59 Å². The SMILES string of the molecule is O=C(O)C=CC(=O)O.O=CN1CCN(C(=O)Cc2ccc(Cl)c(Cl)c2)C(CN2CCCC2)C1. The highest BCUT2D eigenvalue weighted by Crippen LogP contribution is 2.23. The van der Waals surface area contributed by atoms with Crippen molar-refractivity contribution < 1.29 is 29.4 Å². The highest BCUT2D eigenvalue weighted by molar-refractivity contribution is 6.42. The minimum Gasteiger partial charge on any atom is -0.478 e. The summed E-state index contributed by atoms with van der Waals surface area (Å²) in [4.78, 5) is 49.2. The van der Waals surface area contributed by atoms with Gasteiger partial charge in [-0.15, -0.1) is 0 Å². The summed E-state index contributed by atoms with van der Waals surface area (Å²) in [6.45, 7) is 4.76. The van der Waals surface area contributed by atoms with Crippen molar-refractivity contribution in [2.45, 2.75) is 25.3 Å². The maximum atomic E-state index is 12.9. The van der Waals surface area contributed by atoms with Gasteiger partial charge in [-0.1, -0.05) is 29.3 Å². The zero-order valence-electron chi connectivity index (χ0n) is 18.0. The molecule has 0 radical (unpaired) electrons. The van der Waals surface area contributed by atoms with E-state index in [0.717, 1.165) is 31.6 Å². The molecular formula is C22H27Cl2N3O6. The maximum Gasteiger partial charge on any atom is 0.328 e. The van der Waals surface area contributed by atoms with Crippen LogP contribution >= 0.6 is 23.2 Å². The summed E-state index contributed by atoms with van der Waals surface area (Å²) in [5, 5.41) is 16.6. The molecule has 33 heavy (non-hydrogen) atoms. The fraction of sp³-hybridized carbons (Fsp3) is 0.455. The Morgan fingerprint density at radius 3 is 2.15 bits per heavy atom. The third kappa shape index (κ3) is 9.03. The highest BCUT2D eigenvalue weighted by Gasteiger charge is 2.31. The first-order valence-electron chi connectivity index (χ1n) is 10.5. The second-order valence-electron chi connectivity index (χ2n) is 7.78. The number of piperazine rings is 1. The van der Waals surface area contributed by atoms with E-state index in [0.29, 0.717) is 48.3 Å². The molecule has 2 aliphatic rings. The number of halogens is 2. The Morgan fingerprint density at radius 2 is 1.61 bits per heavy atom. The number of carboxylic acid groups (broad SMARTS) is 2. The zero-order valence-corrected chi connectivity index (χ0v) is 19.5. The number of amides is 2. The molecule has 1 unspecified atom stereocenters. The molecule has 9 nitrogen and oxygen atoms in total. The van der Waals surface area contributed by atoms with Gasteiger partial charge >= 0.3 is 11.9 Å². The van der Waals surface area contributed by atoms with Crippen LogP contribution in [0.3, 0.4) is 0 Å². The van der Waals surface area contributed by atoms with Crippen molar-refractivity contribution in [3.8, 4) is 0 Å². The van der Waals surface area contributed by atoms with E-state index < -0.39 is 11.9 Å². The summed E-state index contributed by atoms with van der Waals surface area (Å²) >= 11 is 12.0. The number of likely N-dealkylation sites (tertiary alicyclic amines) is 1. The molecule has 11 heteroatoms. The summed E-state index contributed by atoms with van der Waals surface area (Å²) in [6.07, 6.45) is 4.72. The number of carboxylic acids is 2. The Morgan fingerprint density at radius 1 is 0.970 bits per heavy atom. The fourth-order valence-electron chi connectivity index (χ4n) is 3.79. The van der Waals surface area contributed by atoms with Gasteiger partial charge in [-0.05, 0) is 43.6 Å². The molecule has 1 aromatic carbocycles. The quantitative estimate of drug-likeness (QED) is 0.435. The summed E-state index contributed by atoms with van der Waals surface area (Å²) in [6, 6.07) is 5.35. The van der Waals surface area contributed by atoms with E-state index >= 15 is 0 Å². The van der Waals surface area contributed by atoms with E-state index in [1.165, 1.54) is 12.8 Å². The molecular weight excluding hydrogens is 473 g/mol. The molecule has 1 atom stereocenters. The van der Waals surface area contributed by atoms with Crippen LogP contribution in [-0.2, 0) is 25.6 Å². The molecule has 180 valence electrons. The zero-order chi connectivity index (χ0) is 24.4. The summed E-state index contributed by atoms with van der Waals surface area (Å²) in [5.41, 5.74) is 0.858. The van der Waals surface area contributed by atoms with Crippen LogP contribution in [0.5, 0.6) is 0 Å². The summed E-state index contributed by atoms with van der Waals surface area (Å²) in [5.74, 6) is -2.44. The number of hydrogen-bond acceptors (Lipinski definition) is 5. The van der Waals surface area contributed by atoms with Crippen LogP contribution in [0, 0.1) is 0 Å². The van der Waals surface area contributed by atoms with E-state index in [2.05, 4.69) is 4.90 Å². The first-order chi connectivity index (χ1) is 15.7. The monoisotopic (exact) mass is 499 g/mol. The molecule has 1 aromatic rings. The van der Waals surface area contributed by atoms with Gasteiger partial charge < -0.3 is 24.9 Å². The van der Waals surface area contributed by atoms with Crippen LogP contribution in [0.1, 0.15) is 18.4 Å². The second-order valence-corrected chi connectivity index (χ2v) is 8.60. The third-order valence-corrected chi connectivity index (χ3v) is 6.10. The topological polar surface area (TPSA) is 118 Å². The van der Waals surface area contributed by atoms with E-state index in [-0.39, 0.29) is 11.9 Å². The summed E-state index contributed by atoms with van der Waals surface area (Å²) < 4.78 is 0. The number of carbonyl (C=O) groups excluding carboxylic acids is 2. The number of carbonyl (C=O) groups is 4. The van der Waals surface area contributed by atoms with Crippen molar-refractivity contribution in [1.82, 2.24) is 14.7 Å². The molecule has 0 bridgehead atoms. The number of rotatable bonds is 7. The molecule has 2 N–H and O–H groups in total. The molecule has 2 fully saturated rings. The third-order valence-electron chi connectivity index (χ3n) is 5.36. The largest absolute Gasteiger partial charge is 0.478 e. The molecule has 2 aliphatic heterocycles. The van der Waals surface area contributed by atoms with Crippen LogP contribution in [0.2, 0.25) is 10.0 Å². The lowest BCUT2D eigenvalue weighted by Gasteiger charge is -2.41. The van der Waals surface area contributed by atoms with E-state index in [1.807, 2.05) is 11.0 Å². The highest BCUT2D eigenvalue weighted by atomic mass is 35.5. The Kier molecular flexibility index (Phi) is 10.6. The second kappa shape index (κ2) is 13.2. The minimum atomic E-state index is -1.26. The molecule has 0 spiro atoms. The average molecular weight is 500 g/mol. The van der Waals surface area contributed by atoms with Crippen molar-refractivity contribution in [2.75, 3.05) is 39.3 Å². The predicted octanol–water partition coefficient (Wildman–Crippen LogP) is 2.01. The first-order valence-corrected chi connectivity index (χ1v) is 11.2. The Hall–Kier alpha value is -2.62. The van der Waals surface area contributed by atoms with Crippen molar-refractivity contribution in [3.05, 3.63) is 46.0 Å². The lowest BCUT2D eigenvalue weighted by Crippen LogP contribution is -2.58. The molecule has 2 saturated heterocycles. The smallest absolute Gasteiger partial charge is 0.328 e. The number of nitrogens with zero attached hydrogens (tertiary/aromatic N) is 3. The predicted molar refractivity (Wildman–Crippen MR) is 123 cm³/mol. The Balaban J connectivity index is 0.000000414. The van der Waals surface area contributed by atoms with E-state index in [1.54, 1.807) is 17.0 Å². The Bertz CT molecular complexity index is 873. The fourth-order valence-corrected chi connectivity index (χ4v) is 4.11. The van der Waals surface area contributed by atoms with Crippen LogP contribution in [0.4, 0.5) is 0 Å². The Labute approximate surface area is 202 Å². The van der Waals surface area contributed by atoms with Gasteiger partial charge in [-0.3, -0.25) is 9.59 Å². The molecule has 0 aromatic heterocycles. The molecule has 0 aliphatic carbocycles. The minimum absolute atomic E-state index is 0.0484. The lowest BCUT2D eigenvalue weighted by molar-refractivity contribution is -0.138. The van der Waals surface area contributed by atoms with Gasteiger partial charge in [0.2, 0.25) is 12.3 Å². The van der Waals surface area contributed by atoms with Gasteiger partial charge in [0.15, 0.2) is 0 Å². The van der Waals surface area contributed by atoms with Gasteiger partial charge in [-0.2, -0.15) is 0 Å². The van der Waals surface area contributed by atoms with Crippen molar-refractivity contribution in [3.63, 3.8) is 0 Å². The average Bonchev–Trinajstić information content (AvgIpc) is 3.28. The summed E-state index contributed by atoms with van der Waals surface area (Å²) in [7, 11) is 0. The molecule has 2 heterocycles. The molecule has 2 amide bonds. The molecule has 3 rings (SSSR count). The number of hydrogen-bond donors (Lipinski definition) is 2. The van der Waals surface area contributed by atoms with Crippen molar-refractivity contribution in [2.24, 2.45) is 0 Å². The standard InChI is InChI=1S/C18H23Cl2N3O2.C4H4O4/c19-16-4-3-14(9-17(16)20)10-18(25)23-8-7-22(13-24)12-15(23)11-21-5-1-2-6-21;5-3(6)1-2-4(7)8/h3-4,9,13,15H,1-2,5-8,10-12H2;1-2H,(H,5,6)(H,7,8). The van der Waals surface area contributed by atoms with Crippen LogP contribution in [0.25, 0.3) is 0 Å². The maximum absolute atomic E-state index is 12.9. The van der Waals surface area contributed by atoms with Gasteiger partial charge in [0, 0.05) is 38.3 Å². The van der Waals surface area contributed by atoms with Crippen molar-refractivity contribution >= 4 is 47.5 Å². The van der Waals surface area contributed by atoms with E-state index in [9.17, 15) is 19.2 Å². The van der Waals surface area contributed by atoms with Gasteiger partial charge in [0.1, 0.15) is 0 Å². The number of aliphatic carboxylic acids is 2. The van der Waals surface area contributed by atoms with Crippen LogP contribution < -0.4 is 0 Å².